The quantitative estimate of drug-likeness (QED) is 0.385. The Labute approximate surface area is 126 Å². The van der Waals surface area contributed by atoms with Gasteiger partial charge in [-0.15, -0.1) is 0 Å². The molecule has 7 nitrogen and oxygen atoms in total. The van der Waals surface area contributed by atoms with E-state index in [-0.39, 0.29) is 60.8 Å². The molecule has 0 bridgehead atoms. The molecule has 0 fully saturated rings. The molecule has 0 spiro atoms. The first kappa shape index (κ1) is 29.2. The third kappa shape index (κ3) is 27700. The zero-order valence-corrected chi connectivity index (χ0v) is 11.4. The van der Waals surface area contributed by atoms with E-state index in [9.17, 15) is 0 Å². The Bertz CT molecular complexity index is 120. The van der Waals surface area contributed by atoms with Crippen LogP contribution in [0.3, 0.4) is 0 Å². The van der Waals surface area contributed by atoms with Crippen molar-refractivity contribution < 1.29 is 34.8 Å². The molecule has 0 aliphatic rings. The van der Waals surface area contributed by atoms with Gasteiger partial charge in [0, 0.05) is 11.9 Å². The third-order valence-corrected chi connectivity index (χ3v) is 0. The summed E-state index contributed by atoms with van der Waals surface area (Å²) < 4.78 is 0. The normalized spacial score (nSPS) is 5.29. The number of carbonyl (C=O) groups excluding carboxylic acids is 3. The summed E-state index contributed by atoms with van der Waals surface area (Å²) >= 11 is 0. The maximum absolute atomic E-state index is 8.89. The Kier molecular flexibility index (Phi) is 48.5. The van der Waals surface area contributed by atoms with E-state index in [1.807, 2.05) is 0 Å². The molecular formula is C5H6CaMgO7. The molecule has 14 heavy (non-hydrogen) atoms. The molecule has 0 saturated carbocycles. The molecule has 72 valence electrons. The second-order valence-electron chi connectivity index (χ2n) is 1.23. The Morgan fingerprint density at radius 3 is 0.786 bits per heavy atom. The molecule has 0 rings (SSSR count). The largest absolute Gasteiger partial charge is 2.00 e. The van der Waals surface area contributed by atoms with E-state index < -0.39 is 18.1 Å². The molecule has 0 unspecified atom stereocenters. The molecule has 0 N–H and O–H groups in total. The predicted octanol–water partition coefficient (Wildman–Crippen LogP) is -5.70. The first-order chi connectivity index (χ1) is 5.20. The molecule has 9 heteroatoms. The average molecular weight is 242 g/mol. The average Bonchev–Trinajstić information content (AvgIpc) is 1.54. The van der Waals surface area contributed by atoms with Crippen molar-refractivity contribution in [3.63, 3.8) is 0 Å². The molecule has 0 atom stereocenters. The molecular weight excluding hydrogens is 236 g/mol. The van der Waals surface area contributed by atoms with Gasteiger partial charge in [-0.2, -0.15) is 0 Å². The van der Waals surface area contributed by atoms with Crippen LogP contribution in [0.25, 0.3) is 0 Å². The monoisotopic (exact) mass is 242 g/mol. The van der Waals surface area contributed by atoms with E-state index in [0.29, 0.717) is 0 Å². The van der Waals surface area contributed by atoms with Crippen LogP contribution in [-0.2, 0) is 9.59 Å². The zero-order chi connectivity index (χ0) is 10.7. The summed E-state index contributed by atoms with van der Waals surface area (Å²) in [5, 5.41) is 34.4. The number of carboxylic acid groups (broad SMARTS) is 4. The fourth-order valence-electron chi connectivity index (χ4n) is 0. The van der Waals surface area contributed by atoms with Gasteiger partial charge >= 0.3 is 60.8 Å². The van der Waals surface area contributed by atoms with Crippen molar-refractivity contribution >= 4 is 78.9 Å². The minimum absolute atomic E-state index is 0. The van der Waals surface area contributed by atoms with Gasteiger partial charge in [0.15, 0.2) is 0 Å². The Morgan fingerprint density at radius 1 is 0.786 bits per heavy atom. The van der Waals surface area contributed by atoms with Crippen LogP contribution in [-0.4, -0.2) is 78.9 Å². The standard InChI is InChI=1S/2C2H4O2.CH2O3.Ca.Mg/c2*1-2(3)4;2-1(3)4;;/h2*1H3,(H,3,4);(H2,2,3,4);;/q;;;2*+2/p-4. The van der Waals surface area contributed by atoms with Crippen LogP contribution < -0.4 is 20.4 Å². The number of carbonyl (C=O) groups is 3. The molecule has 0 aliphatic carbocycles. The van der Waals surface area contributed by atoms with Gasteiger partial charge in [0.2, 0.25) is 0 Å². The number of rotatable bonds is 0. The van der Waals surface area contributed by atoms with Crippen LogP contribution in [0, 0.1) is 0 Å². The fraction of sp³-hybridized carbons (Fsp3) is 0.400. The summed E-state index contributed by atoms with van der Waals surface area (Å²) in [6.07, 6.45) is -2.33. The molecule has 0 aromatic carbocycles. The molecule has 0 aromatic heterocycles. The van der Waals surface area contributed by atoms with E-state index >= 15 is 0 Å². The Hall–Kier alpha value is 0.236. The Balaban J connectivity index is -0.0000000270. The van der Waals surface area contributed by atoms with Crippen LogP contribution >= 0.6 is 0 Å². The van der Waals surface area contributed by atoms with Gasteiger partial charge in [-0.1, -0.05) is 0 Å². The smallest absolute Gasteiger partial charge is 0.652 e. The van der Waals surface area contributed by atoms with E-state index in [2.05, 4.69) is 0 Å². The SMILES string of the molecule is CC(=O)[O-].CC(=O)[O-].O=C([O-])[O-].[Ca+2].[Mg+2]. The van der Waals surface area contributed by atoms with Crippen LogP contribution in [0.1, 0.15) is 13.8 Å². The molecule has 0 aliphatic heterocycles. The summed E-state index contributed by atoms with van der Waals surface area (Å²) in [4.78, 5) is 26.1. The maximum atomic E-state index is 8.89. The second kappa shape index (κ2) is 23.2. The van der Waals surface area contributed by atoms with Gasteiger partial charge in [-0.3, -0.25) is 0 Å². The first-order valence-corrected chi connectivity index (χ1v) is 2.43. The summed E-state index contributed by atoms with van der Waals surface area (Å²) in [5.41, 5.74) is 0. The summed E-state index contributed by atoms with van der Waals surface area (Å²) in [6, 6.07) is 0. The zero-order valence-electron chi connectivity index (χ0n) is 7.77. The molecule has 0 radical (unpaired) electrons. The van der Waals surface area contributed by atoms with Crippen molar-refractivity contribution in [2.75, 3.05) is 0 Å². The van der Waals surface area contributed by atoms with E-state index in [1.165, 1.54) is 0 Å². The predicted molar refractivity (Wildman–Crippen MR) is 38.3 cm³/mol. The van der Waals surface area contributed by atoms with Gasteiger partial charge in [-0.05, 0) is 20.0 Å². The van der Waals surface area contributed by atoms with Gasteiger partial charge < -0.3 is 34.8 Å². The van der Waals surface area contributed by atoms with E-state index in [4.69, 9.17) is 34.8 Å². The third-order valence-electron chi connectivity index (χ3n) is 0. The fourth-order valence-corrected chi connectivity index (χ4v) is 0. The number of aliphatic carboxylic acids is 2. The van der Waals surface area contributed by atoms with Crippen molar-refractivity contribution in [1.29, 1.82) is 0 Å². The first-order valence-electron chi connectivity index (χ1n) is 2.43. The topological polar surface area (TPSA) is 143 Å². The van der Waals surface area contributed by atoms with Crippen molar-refractivity contribution in [3.8, 4) is 0 Å². The van der Waals surface area contributed by atoms with Gasteiger partial charge in [0.1, 0.15) is 0 Å². The van der Waals surface area contributed by atoms with Crippen molar-refractivity contribution in [2.45, 2.75) is 13.8 Å². The van der Waals surface area contributed by atoms with Crippen LogP contribution in [0.2, 0.25) is 0 Å². The van der Waals surface area contributed by atoms with Crippen LogP contribution in [0.4, 0.5) is 4.79 Å². The second-order valence-corrected chi connectivity index (χ2v) is 1.23. The van der Waals surface area contributed by atoms with Crippen molar-refractivity contribution in [1.82, 2.24) is 0 Å². The summed E-state index contributed by atoms with van der Waals surface area (Å²) in [6.45, 7) is 1.94. The minimum atomic E-state index is -2.33. The van der Waals surface area contributed by atoms with Crippen molar-refractivity contribution in [2.24, 2.45) is 0 Å². The molecule has 0 amide bonds. The maximum Gasteiger partial charge on any atom is 2.00 e. The summed E-state index contributed by atoms with van der Waals surface area (Å²) in [5.74, 6) is -2.17. The van der Waals surface area contributed by atoms with E-state index in [1.54, 1.807) is 0 Å². The molecule has 0 heterocycles. The summed E-state index contributed by atoms with van der Waals surface area (Å²) in [7, 11) is 0. The number of hydrogen-bond donors (Lipinski definition) is 0. The molecule has 0 saturated heterocycles. The van der Waals surface area contributed by atoms with Crippen molar-refractivity contribution in [3.05, 3.63) is 0 Å². The number of hydrogen-bond acceptors (Lipinski definition) is 7. The van der Waals surface area contributed by atoms with Gasteiger partial charge in [0.05, 0.1) is 0 Å². The van der Waals surface area contributed by atoms with Crippen LogP contribution in [0.15, 0.2) is 0 Å². The van der Waals surface area contributed by atoms with Crippen LogP contribution in [0.5, 0.6) is 0 Å². The number of carboxylic acids is 2. The van der Waals surface area contributed by atoms with Gasteiger partial charge in [-0.25, -0.2) is 0 Å². The minimum Gasteiger partial charge on any atom is -0.652 e. The Morgan fingerprint density at radius 2 is 0.786 bits per heavy atom. The molecule has 0 aromatic rings. The van der Waals surface area contributed by atoms with E-state index in [0.717, 1.165) is 13.8 Å². The van der Waals surface area contributed by atoms with Gasteiger partial charge in [0.25, 0.3) is 0 Å².